The molecule has 0 radical (unpaired) electrons. The van der Waals surface area contributed by atoms with Crippen molar-refractivity contribution in [3.05, 3.63) is 30.1 Å². The number of benzene rings is 1. The molecule has 1 aromatic carbocycles. The van der Waals surface area contributed by atoms with Crippen LogP contribution in [0.4, 0.5) is 4.39 Å². The molecule has 20 heavy (non-hydrogen) atoms. The summed E-state index contributed by atoms with van der Waals surface area (Å²) in [5.41, 5.74) is 0. The van der Waals surface area contributed by atoms with Gasteiger partial charge in [0.25, 0.3) is 0 Å². The zero-order valence-corrected chi connectivity index (χ0v) is 14.8. The number of ether oxygens (including phenoxy) is 1. The highest BCUT2D eigenvalue weighted by Crippen LogP contribution is 2.11. The quantitative estimate of drug-likeness (QED) is 0.312. The summed E-state index contributed by atoms with van der Waals surface area (Å²) in [5, 5.41) is 6.30. The Morgan fingerprint density at radius 2 is 2.10 bits per heavy atom. The van der Waals surface area contributed by atoms with Crippen molar-refractivity contribution in [3.8, 4) is 5.75 Å². The molecule has 0 aliphatic rings. The lowest BCUT2D eigenvalue weighted by Gasteiger charge is -2.12. The van der Waals surface area contributed by atoms with Gasteiger partial charge in [0.2, 0.25) is 0 Å². The lowest BCUT2D eigenvalue weighted by atomic mass is 10.3. The molecule has 0 fully saturated rings. The fourth-order valence-corrected chi connectivity index (χ4v) is 1.69. The van der Waals surface area contributed by atoms with Gasteiger partial charge in [-0.05, 0) is 18.4 Å². The van der Waals surface area contributed by atoms with Gasteiger partial charge in [-0.2, -0.15) is 11.8 Å². The van der Waals surface area contributed by atoms with E-state index in [2.05, 4.69) is 21.9 Å². The van der Waals surface area contributed by atoms with Crippen LogP contribution in [0.1, 0.15) is 0 Å². The molecule has 114 valence electrons. The van der Waals surface area contributed by atoms with E-state index < -0.39 is 0 Å². The minimum atomic E-state index is -0.292. The average Bonchev–Trinajstić information content (AvgIpc) is 2.41. The molecular formula is C13H21FIN3OS. The van der Waals surface area contributed by atoms with Crippen LogP contribution in [0.15, 0.2) is 29.3 Å². The van der Waals surface area contributed by atoms with Crippen LogP contribution >= 0.6 is 35.7 Å². The highest BCUT2D eigenvalue weighted by molar-refractivity contribution is 14.0. The van der Waals surface area contributed by atoms with Gasteiger partial charge in [0.15, 0.2) is 5.96 Å². The molecule has 0 aliphatic heterocycles. The van der Waals surface area contributed by atoms with Crippen molar-refractivity contribution in [3.63, 3.8) is 0 Å². The third-order valence-corrected chi connectivity index (χ3v) is 2.89. The monoisotopic (exact) mass is 413 g/mol. The van der Waals surface area contributed by atoms with Gasteiger partial charge in [-0.15, -0.1) is 24.0 Å². The summed E-state index contributed by atoms with van der Waals surface area (Å²) >= 11 is 1.78. The Labute approximate surface area is 141 Å². The Morgan fingerprint density at radius 1 is 1.35 bits per heavy atom. The van der Waals surface area contributed by atoms with E-state index in [4.69, 9.17) is 4.74 Å². The molecule has 0 spiro atoms. The first kappa shape index (κ1) is 19.3. The summed E-state index contributed by atoms with van der Waals surface area (Å²) in [6, 6.07) is 6.11. The molecule has 0 unspecified atom stereocenters. The average molecular weight is 413 g/mol. The smallest absolute Gasteiger partial charge is 0.191 e. The van der Waals surface area contributed by atoms with Crippen molar-refractivity contribution in [2.24, 2.45) is 4.99 Å². The van der Waals surface area contributed by atoms with Crippen LogP contribution in [0, 0.1) is 5.82 Å². The molecule has 0 bridgehead atoms. The van der Waals surface area contributed by atoms with E-state index in [0.717, 1.165) is 18.3 Å². The predicted octanol–water partition coefficient (Wildman–Crippen LogP) is 2.35. The van der Waals surface area contributed by atoms with Crippen molar-refractivity contribution in [1.82, 2.24) is 10.6 Å². The molecular weight excluding hydrogens is 392 g/mol. The molecule has 0 saturated carbocycles. The molecule has 1 rings (SSSR count). The number of nitrogens with one attached hydrogen (secondary N) is 2. The highest BCUT2D eigenvalue weighted by atomic mass is 127. The molecule has 0 amide bonds. The van der Waals surface area contributed by atoms with Crippen LogP contribution < -0.4 is 15.4 Å². The third kappa shape index (κ3) is 8.47. The summed E-state index contributed by atoms with van der Waals surface area (Å²) in [5.74, 6) is 2.02. The molecule has 0 heterocycles. The maximum absolute atomic E-state index is 12.9. The lowest BCUT2D eigenvalue weighted by Crippen LogP contribution is -2.40. The molecule has 0 atom stereocenters. The van der Waals surface area contributed by atoms with E-state index in [1.165, 1.54) is 12.1 Å². The van der Waals surface area contributed by atoms with E-state index in [0.29, 0.717) is 18.9 Å². The number of guanidine groups is 1. The van der Waals surface area contributed by atoms with Crippen LogP contribution in [0.5, 0.6) is 5.75 Å². The maximum Gasteiger partial charge on any atom is 0.191 e. The summed E-state index contributed by atoms with van der Waals surface area (Å²) in [7, 11) is 1.72. The van der Waals surface area contributed by atoms with Crippen LogP contribution in [-0.2, 0) is 0 Å². The van der Waals surface area contributed by atoms with E-state index in [1.54, 1.807) is 30.9 Å². The first-order valence-electron chi connectivity index (χ1n) is 6.08. The number of aliphatic imine (C=N–C) groups is 1. The van der Waals surface area contributed by atoms with Crippen LogP contribution in [0.2, 0.25) is 0 Å². The predicted molar refractivity (Wildman–Crippen MR) is 95.1 cm³/mol. The zero-order chi connectivity index (χ0) is 13.9. The Morgan fingerprint density at radius 3 is 2.75 bits per heavy atom. The van der Waals surface area contributed by atoms with Gasteiger partial charge in [0, 0.05) is 25.4 Å². The van der Waals surface area contributed by atoms with Gasteiger partial charge in [-0.3, -0.25) is 4.99 Å². The normalized spacial score (nSPS) is 10.7. The van der Waals surface area contributed by atoms with Crippen LogP contribution in [0.25, 0.3) is 0 Å². The standard InChI is InChI=1S/C13H20FN3OS.HI/c1-15-13(17-7-9-19-2)16-6-8-18-12-5-3-4-11(14)10-12;/h3-5,10H,6-9H2,1-2H3,(H2,15,16,17);1H. The van der Waals surface area contributed by atoms with E-state index in [9.17, 15) is 4.39 Å². The van der Waals surface area contributed by atoms with E-state index in [1.807, 2.05) is 0 Å². The van der Waals surface area contributed by atoms with Gasteiger partial charge in [-0.25, -0.2) is 4.39 Å². The van der Waals surface area contributed by atoms with Gasteiger partial charge < -0.3 is 15.4 Å². The highest BCUT2D eigenvalue weighted by Gasteiger charge is 1.98. The Bertz CT molecular complexity index is 407. The fourth-order valence-electron chi connectivity index (χ4n) is 1.39. The van der Waals surface area contributed by atoms with Crippen LogP contribution in [-0.4, -0.2) is 44.7 Å². The first-order chi connectivity index (χ1) is 9.26. The van der Waals surface area contributed by atoms with E-state index >= 15 is 0 Å². The summed E-state index contributed by atoms with van der Waals surface area (Å²) < 4.78 is 18.3. The summed E-state index contributed by atoms with van der Waals surface area (Å²) in [6.07, 6.45) is 2.06. The molecule has 1 aromatic rings. The topological polar surface area (TPSA) is 45.7 Å². The van der Waals surface area contributed by atoms with Crippen LogP contribution in [0.3, 0.4) is 0 Å². The second-order valence-corrected chi connectivity index (χ2v) is 4.71. The van der Waals surface area contributed by atoms with Gasteiger partial charge in [0.05, 0.1) is 6.54 Å². The molecule has 4 nitrogen and oxygen atoms in total. The van der Waals surface area contributed by atoms with Crippen molar-refractivity contribution < 1.29 is 9.13 Å². The number of thioether (sulfide) groups is 1. The molecule has 2 N–H and O–H groups in total. The van der Waals surface area contributed by atoms with Gasteiger partial charge in [0.1, 0.15) is 18.2 Å². The first-order valence-corrected chi connectivity index (χ1v) is 7.47. The zero-order valence-electron chi connectivity index (χ0n) is 11.7. The number of hydrogen-bond acceptors (Lipinski definition) is 3. The fraction of sp³-hybridized carbons (Fsp3) is 0.462. The molecule has 0 aromatic heterocycles. The molecule has 0 aliphatic carbocycles. The van der Waals surface area contributed by atoms with Crippen molar-refractivity contribution >= 4 is 41.7 Å². The van der Waals surface area contributed by atoms with Crippen molar-refractivity contribution in [1.29, 1.82) is 0 Å². The number of halogens is 2. The van der Waals surface area contributed by atoms with E-state index in [-0.39, 0.29) is 29.8 Å². The SMILES string of the molecule is CN=C(NCCOc1cccc(F)c1)NCCSC.I. The van der Waals surface area contributed by atoms with Gasteiger partial charge >= 0.3 is 0 Å². The minimum Gasteiger partial charge on any atom is -0.492 e. The summed E-state index contributed by atoms with van der Waals surface area (Å²) in [4.78, 5) is 4.09. The van der Waals surface area contributed by atoms with Crippen molar-refractivity contribution in [2.75, 3.05) is 38.8 Å². The number of hydrogen-bond donors (Lipinski definition) is 2. The minimum absolute atomic E-state index is 0. The third-order valence-electron chi connectivity index (χ3n) is 2.28. The molecule has 7 heteroatoms. The largest absolute Gasteiger partial charge is 0.492 e. The Hall–Kier alpha value is -0.700. The number of rotatable bonds is 7. The maximum atomic E-state index is 12.9. The molecule has 0 saturated heterocycles. The second-order valence-electron chi connectivity index (χ2n) is 3.72. The van der Waals surface area contributed by atoms with Crippen molar-refractivity contribution in [2.45, 2.75) is 0 Å². The summed E-state index contributed by atoms with van der Waals surface area (Å²) in [6.45, 7) is 1.92. The second kappa shape index (κ2) is 12.1. The Kier molecular flexibility index (Phi) is 11.6. The Balaban J connectivity index is 0.00000361. The lowest BCUT2D eigenvalue weighted by molar-refractivity contribution is 0.320. The number of nitrogens with zero attached hydrogens (tertiary/aromatic N) is 1. The van der Waals surface area contributed by atoms with Gasteiger partial charge in [-0.1, -0.05) is 6.07 Å².